The molecular formula is C18H16BrN3O3. The number of alkyl carbamates (subject to hydrolysis) is 1. The molecule has 2 aromatic rings. The molecule has 0 unspecified atom stereocenters. The summed E-state index contributed by atoms with van der Waals surface area (Å²) < 4.78 is 6.04. The third-order valence-electron chi connectivity index (χ3n) is 3.39. The zero-order valence-electron chi connectivity index (χ0n) is 13.3. The minimum atomic E-state index is -0.889. The zero-order valence-corrected chi connectivity index (χ0v) is 14.8. The molecule has 1 atom stereocenters. The fourth-order valence-corrected chi connectivity index (χ4v) is 2.40. The van der Waals surface area contributed by atoms with Crippen molar-refractivity contribution < 1.29 is 19.1 Å². The summed E-state index contributed by atoms with van der Waals surface area (Å²) in [4.78, 5) is 26.8. The molecule has 0 aliphatic rings. The van der Waals surface area contributed by atoms with Crippen LogP contribution in [0, 0.1) is 0 Å². The monoisotopic (exact) mass is 401 g/mol. The maximum Gasteiger partial charge on any atom is 0.408 e. The Bertz CT molecular complexity index is 772. The summed E-state index contributed by atoms with van der Waals surface area (Å²) in [6.07, 6.45) is 0.296. The molecular weight excluding hydrogens is 386 g/mol. The molecule has 0 radical (unpaired) electrons. The van der Waals surface area contributed by atoms with E-state index in [-0.39, 0.29) is 13.0 Å². The first-order chi connectivity index (χ1) is 12.1. The van der Waals surface area contributed by atoms with Gasteiger partial charge in [-0.1, -0.05) is 58.4 Å². The largest absolute Gasteiger partial charge is 0.445 e. The van der Waals surface area contributed by atoms with Crippen LogP contribution in [0.4, 0.5) is 4.79 Å². The standard InChI is InChI=1S/C18H16BrN3O3/c19-15-8-6-13(7-9-15)10-16(17(23)11-21-20)22-18(24)25-12-14-4-2-1-3-5-14/h1-9,11,16H,10,12H2,(H,22,24)/t16-/m0/s1. The summed E-state index contributed by atoms with van der Waals surface area (Å²) in [6, 6.07) is 15.7. The first kappa shape index (κ1) is 18.6. The lowest BCUT2D eigenvalue weighted by molar-refractivity contribution is -0.117. The molecule has 0 saturated carbocycles. The fraction of sp³-hybridized carbons (Fsp3) is 0.167. The van der Waals surface area contributed by atoms with E-state index in [1.807, 2.05) is 54.6 Å². The average Bonchev–Trinajstić information content (AvgIpc) is 2.62. The second kappa shape index (κ2) is 9.52. The van der Waals surface area contributed by atoms with Gasteiger partial charge in [0.05, 0.1) is 0 Å². The summed E-state index contributed by atoms with van der Waals surface area (Å²) in [6.45, 7) is 0.0972. The van der Waals surface area contributed by atoms with Crippen molar-refractivity contribution in [1.29, 1.82) is 0 Å². The Morgan fingerprint density at radius 2 is 1.80 bits per heavy atom. The molecule has 1 amide bonds. The summed E-state index contributed by atoms with van der Waals surface area (Å²) >= 11 is 3.34. The van der Waals surface area contributed by atoms with Gasteiger partial charge in [0.15, 0.2) is 0 Å². The molecule has 0 saturated heterocycles. The number of ketones is 1. The Balaban J connectivity index is 1.99. The predicted octanol–water partition coefficient (Wildman–Crippen LogP) is 3.16. The van der Waals surface area contributed by atoms with Crippen LogP contribution in [0.1, 0.15) is 11.1 Å². The van der Waals surface area contributed by atoms with Crippen LogP contribution in [-0.4, -0.2) is 28.9 Å². The molecule has 2 rings (SSSR count). The maximum atomic E-state index is 12.0. The number of ether oxygens (including phenoxy) is 1. The van der Waals surface area contributed by atoms with Crippen molar-refractivity contribution in [1.82, 2.24) is 5.32 Å². The average molecular weight is 402 g/mol. The molecule has 6 nitrogen and oxygen atoms in total. The highest BCUT2D eigenvalue weighted by molar-refractivity contribution is 9.10. The molecule has 0 spiro atoms. The molecule has 7 heteroatoms. The van der Waals surface area contributed by atoms with Gasteiger partial charge in [-0.2, -0.15) is 4.79 Å². The minimum Gasteiger partial charge on any atom is -0.445 e. The first-order valence-electron chi connectivity index (χ1n) is 7.51. The Morgan fingerprint density at radius 3 is 2.44 bits per heavy atom. The van der Waals surface area contributed by atoms with Crippen molar-refractivity contribution in [3.05, 3.63) is 75.7 Å². The minimum absolute atomic E-state index is 0.0972. The quantitative estimate of drug-likeness (QED) is 0.438. The second-order valence-corrected chi connectivity index (χ2v) is 6.15. The number of amides is 1. The SMILES string of the molecule is [N-]=[N+]=CC(=O)[C@H](Cc1ccc(Br)cc1)NC(=O)OCc1ccccc1. The van der Waals surface area contributed by atoms with E-state index >= 15 is 0 Å². The molecule has 25 heavy (non-hydrogen) atoms. The van der Waals surface area contributed by atoms with Crippen molar-refractivity contribution in [2.45, 2.75) is 19.1 Å². The van der Waals surface area contributed by atoms with Gasteiger partial charge in [0.25, 0.3) is 5.78 Å². The van der Waals surface area contributed by atoms with Gasteiger partial charge in [-0.3, -0.25) is 4.79 Å². The lowest BCUT2D eigenvalue weighted by atomic mass is 10.0. The summed E-state index contributed by atoms with van der Waals surface area (Å²) in [5, 5.41) is 2.51. The van der Waals surface area contributed by atoms with Crippen molar-refractivity contribution in [2.24, 2.45) is 0 Å². The topological polar surface area (TPSA) is 91.8 Å². The highest BCUT2D eigenvalue weighted by Crippen LogP contribution is 2.12. The van der Waals surface area contributed by atoms with Crippen molar-refractivity contribution in [2.75, 3.05) is 0 Å². The fourth-order valence-electron chi connectivity index (χ4n) is 2.13. The summed E-state index contributed by atoms with van der Waals surface area (Å²) in [5.41, 5.74) is 10.3. The van der Waals surface area contributed by atoms with E-state index in [4.69, 9.17) is 10.3 Å². The van der Waals surface area contributed by atoms with E-state index in [1.54, 1.807) is 0 Å². The van der Waals surface area contributed by atoms with Crippen molar-refractivity contribution in [3.8, 4) is 0 Å². The first-order valence-corrected chi connectivity index (χ1v) is 8.30. The van der Waals surface area contributed by atoms with Crippen LogP contribution in [-0.2, 0) is 22.6 Å². The van der Waals surface area contributed by atoms with Crippen LogP contribution >= 0.6 is 15.9 Å². The molecule has 2 aromatic carbocycles. The molecule has 1 N–H and O–H groups in total. The molecule has 0 aliphatic carbocycles. The van der Waals surface area contributed by atoms with E-state index in [1.165, 1.54) is 0 Å². The Hall–Kier alpha value is -2.76. The molecule has 128 valence electrons. The van der Waals surface area contributed by atoms with E-state index in [9.17, 15) is 9.59 Å². The molecule has 0 heterocycles. The second-order valence-electron chi connectivity index (χ2n) is 5.24. The van der Waals surface area contributed by atoms with E-state index < -0.39 is 17.9 Å². The van der Waals surface area contributed by atoms with Crippen LogP contribution in [0.25, 0.3) is 5.53 Å². The van der Waals surface area contributed by atoms with Gasteiger partial charge in [0.2, 0.25) is 0 Å². The zero-order chi connectivity index (χ0) is 18.1. The van der Waals surface area contributed by atoms with Gasteiger partial charge in [0.1, 0.15) is 12.6 Å². The van der Waals surface area contributed by atoms with Gasteiger partial charge in [-0.05, 0) is 23.3 Å². The number of halogens is 1. The number of rotatable bonds is 7. The predicted molar refractivity (Wildman–Crippen MR) is 96.1 cm³/mol. The summed E-state index contributed by atoms with van der Waals surface area (Å²) in [7, 11) is 0. The van der Waals surface area contributed by atoms with Gasteiger partial charge >= 0.3 is 12.3 Å². The van der Waals surface area contributed by atoms with Gasteiger partial charge in [-0.15, -0.1) is 0 Å². The number of nitrogens with one attached hydrogen (secondary N) is 1. The van der Waals surface area contributed by atoms with E-state index in [0.717, 1.165) is 21.8 Å². The smallest absolute Gasteiger partial charge is 0.408 e. The number of benzene rings is 2. The van der Waals surface area contributed by atoms with E-state index in [0.29, 0.717) is 0 Å². The van der Waals surface area contributed by atoms with Crippen LogP contribution in [0.3, 0.4) is 0 Å². The van der Waals surface area contributed by atoms with Crippen LogP contribution in [0.5, 0.6) is 0 Å². The molecule has 0 fully saturated rings. The Kier molecular flexibility index (Phi) is 7.07. The molecule has 0 bridgehead atoms. The van der Waals surface area contributed by atoms with Crippen molar-refractivity contribution in [3.63, 3.8) is 0 Å². The maximum absolute atomic E-state index is 12.0. The number of carbonyl (C=O) groups excluding carboxylic acids is 2. The van der Waals surface area contributed by atoms with Gasteiger partial charge in [-0.25, -0.2) is 4.79 Å². The normalized spacial score (nSPS) is 11.1. The lowest BCUT2D eigenvalue weighted by Gasteiger charge is -2.15. The molecule has 0 aliphatic heterocycles. The summed E-state index contributed by atoms with van der Waals surface area (Å²) in [5.74, 6) is -0.526. The van der Waals surface area contributed by atoms with Gasteiger partial charge in [0, 0.05) is 10.9 Å². The van der Waals surface area contributed by atoms with Crippen LogP contribution in [0.2, 0.25) is 0 Å². The number of Topliss-reactive ketones (excluding diaryl/α,β-unsaturated/α-hetero) is 1. The highest BCUT2D eigenvalue weighted by atomic mass is 79.9. The van der Waals surface area contributed by atoms with Crippen LogP contribution in [0.15, 0.2) is 59.1 Å². The van der Waals surface area contributed by atoms with Crippen LogP contribution < -0.4 is 5.32 Å². The van der Waals surface area contributed by atoms with Crippen molar-refractivity contribution >= 4 is 34.0 Å². The third kappa shape index (κ3) is 6.33. The number of nitrogens with zero attached hydrogens (tertiary/aromatic N) is 2. The lowest BCUT2D eigenvalue weighted by Crippen LogP contribution is -2.43. The number of hydrogen-bond acceptors (Lipinski definition) is 3. The molecule has 0 aromatic heterocycles. The number of hydrogen-bond donors (Lipinski definition) is 1. The van der Waals surface area contributed by atoms with Gasteiger partial charge < -0.3 is 15.6 Å². The van der Waals surface area contributed by atoms with E-state index in [2.05, 4.69) is 26.0 Å². The Labute approximate surface area is 153 Å². The third-order valence-corrected chi connectivity index (χ3v) is 3.92. The number of carbonyl (C=O) groups is 2. The highest BCUT2D eigenvalue weighted by Gasteiger charge is 2.23. The Morgan fingerprint density at radius 1 is 1.12 bits per heavy atom.